The Morgan fingerprint density at radius 1 is 1.36 bits per heavy atom. The maximum absolute atomic E-state index is 13.0. The fraction of sp³-hybridized carbons (Fsp3) is 0.300. The van der Waals surface area contributed by atoms with E-state index in [9.17, 15) is 9.18 Å². The van der Waals surface area contributed by atoms with Crippen LogP contribution < -0.4 is 4.74 Å². The fourth-order valence-corrected chi connectivity index (χ4v) is 1.18. The molecule has 0 N–H and O–H groups in total. The van der Waals surface area contributed by atoms with Gasteiger partial charge in [0.05, 0.1) is 0 Å². The molecule has 1 fully saturated rings. The van der Waals surface area contributed by atoms with Crippen LogP contribution in [0, 0.1) is 5.82 Å². The number of hydrogen-bond donors (Lipinski definition) is 0. The van der Waals surface area contributed by atoms with Gasteiger partial charge in [0.15, 0.2) is 11.6 Å². The lowest BCUT2D eigenvalue weighted by atomic mass is 10.2. The van der Waals surface area contributed by atoms with E-state index >= 15 is 0 Å². The largest absolute Gasteiger partial charge is 0.415 e. The van der Waals surface area contributed by atoms with Crippen molar-refractivity contribution in [3.63, 3.8) is 0 Å². The molecule has 0 radical (unpaired) electrons. The number of ether oxygens (including phenoxy) is 1. The minimum Gasteiger partial charge on any atom is -0.407 e. The van der Waals surface area contributed by atoms with Crippen LogP contribution in [0.5, 0.6) is 5.75 Å². The smallest absolute Gasteiger partial charge is 0.407 e. The van der Waals surface area contributed by atoms with E-state index < -0.39 is 11.9 Å². The van der Waals surface area contributed by atoms with Crippen LogP contribution in [0.15, 0.2) is 24.3 Å². The minimum atomic E-state index is -0.513. The number of carbonyl (C=O) groups is 1. The van der Waals surface area contributed by atoms with Crippen molar-refractivity contribution >= 4 is 6.09 Å². The van der Waals surface area contributed by atoms with Gasteiger partial charge in [-0.25, -0.2) is 9.18 Å². The standard InChI is InChI=1S/C10H10FNO2/c11-8-4-1-2-5-9(8)14-10(13)12-6-3-7-12/h1-2,4-5H,3,6-7H2. The Bertz CT molecular complexity index is 350. The van der Waals surface area contributed by atoms with Gasteiger partial charge in [0.2, 0.25) is 0 Å². The van der Waals surface area contributed by atoms with Crippen molar-refractivity contribution in [1.82, 2.24) is 4.90 Å². The molecule has 0 bridgehead atoms. The highest BCUT2D eigenvalue weighted by atomic mass is 19.1. The van der Waals surface area contributed by atoms with Crippen molar-refractivity contribution in [3.8, 4) is 5.75 Å². The molecule has 74 valence electrons. The molecule has 2 rings (SSSR count). The van der Waals surface area contributed by atoms with Gasteiger partial charge in [-0.1, -0.05) is 12.1 Å². The molecule has 1 saturated heterocycles. The second-order valence-corrected chi connectivity index (χ2v) is 3.14. The Labute approximate surface area is 81.1 Å². The first kappa shape index (κ1) is 8.99. The van der Waals surface area contributed by atoms with E-state index in [0.717, 1.165) is 6.42 Å². The molecule has 1 aliphatic heterocycles. The van der Waals surface area contributed by atoms with Gasteiger partial charge in [-0.05, 0) is 18.6 Å². The lowest BCUT2D eigenvalue weighted by Crippen LogP contribution is -2.43. The molecule has 0 unspecified atom stereocenters. The van der Waals surface area contributed by atoms with Gasteiger partial charge in [0.25, 0.3) is 0 Å². The number of para-hydroxylation sites is 1. The van der Waals surface area contributed by atoms with Gasteiger partial charge >= 0.3 is 6.09 Å². The van der Waals surface area contributed by atoms with Crippen LogP contribution in [0.2, 0.25) is 0 Å². The first-order chi connectivity index (χ1) is 6.77. The molecular formula is C10H10FNO2. The highest BCUT2D eigenvalue weighted by molar-refractivity contribution is 5.71. The summed E-state index contributed by atoms with van der Waals surface area (Å²) in [5.74, 6) is -0.522. The third-order valence-electron chi connectivity index (χ3n) is 2.15. The van der Waals surface area contributed by atoms with Crippen LogP contribution in [-0.4, -0.2) is 24.1 Å². The van der Waals surface area contributed by atoms with Gasteiger partial charge in [-0.15, -0.1) is 0 Å². The highest BCUT2D eigenvalue weighted by Gasteiger charge is 2.22. The maximum atomic E-state index is 13.0. The molecule has 4 heteroatoms. The zero-order chi connectivity index (χ0) is 9.97. The fourth-order valence-electron chi connectivity index (χ4n) is 1.18. The third kappa shape index (κ3) is 1.69. The van der Waals surface area contributed by atoms with Crippen molar-refractivity contribution in [2.24, 2.45) is 0 Å². The summed E-state index contributed by atoms with van der Waals surface area (Å²) in [6.45, 7) is 1.40. The Kier molecular flexibility index (Phi) is 2.35. The second-order valence-electron chi connectivity index (χ2n) is 3.14. The monoisotopic (exact) mass is 195 g/mol. The lowest BCUT2D eigenvalue weighted by molar-refractivity contribution is 0.123. The highest BCUT2D eigenvalue weighted by Crippen LogP contribution is 2.17. The van der Waals surface area contributed by atoms with E-state index in [1.54, 1.807) is 12.1 Å². The molecule has 1 amide bonds. The number of halogens is 1. The molecule has 1 aromatic carbocycles. The Morgan fingerprint density at radius 3 is 2.64 bits per heavy atom. The molecule has 0 saturated carbocycles. The molecule has 0 aromatic heterocycles. The van der Waals surface area contributed by atoms with Crippen molar-refractivity contribution in [1.29, 1.82) is 0 Å². The average Bonchev–Trinajstić information content (AvgIpc) is 2.05. The van der Waals surface area contributed by atoms with E-state index in [1.807, 2.05) is 0 Å². The molecule has 1 aliphatic rings. The number of likely N-dealkylation sites (tertiary alicyclic amines) is 1. The maximum Gasteiger partial charge on any atom is 0.415 e. The average molecular weight is 195 g/mol. The first-order valence-corrected chi connectivity index (χ1v) is 4.48. The Balaban J connectivity index is 2.03. The minimum absolute atomic E-state index is 0.00981. The van der Waals surface area contributed by atoms with Gasteiger partial charge in [0, 0.05) is 13.1 Å². The molecule has 0 spiro atoms. The van der Waals surface area contributed by atoms with Gasteiger partial charge in [-0.3, -0.25) is 0 Å². The number of nitrogens with zero attached hydrogens (tertiary/aromatic N) is 1. The van der Waals surface area contributed by atoms with Crippen molar-refractivity contribution in [3.05, 3.63) is 30.1 Å². The van der Waals surface area contributed by atoms with Crippen LogP contribution in [0.25, 0.3) is 0 Å². The Morgan fingerprint density at radius 2 is 2.07 bits per heavy atom. The predicted octanol–water partition coefficient (Wildman–Crippen LogP) is 2.03. The number of benzene rings is 1. The van der Waals surface area contributed by atoms with E-state index in [1.165, 1.54) is 17.0 Å². The van der Waals surface area contributed by atoms with E-state index in [-0.39, 0.29) is 5.75 Å². The number of carbonyl (C=O) groups excluding carboxylic acids is 1. The zero-order valence-electron chi connectivity index (χ0n) is 7.57. The predicted molar refractivity (Wildman–Crippen MR) is 48.6 cm³/mol. The number of rotatable bonds is 1. The summed E-state index contributed by atoms with van der Waals surface area (Å²) in [4.78, 5) is 12.8. The first-order valence-electron chi connectivity index (χ1n) is 4.48. The SMILES string of the molecule is O=C(Oc1ccccc1F)N1CCC1. The van der Waals surface area contributed by atoms with Gasteiger partial charge in [-0.2, -0.15) is 0 Å². The summed E-state index contributed by atoms with van der Waals surface area (Å²) in [5.41, 5.74) is 0. The second kappa shape index (κ2) is 3.65. The lowest BCUT2D eigenvalue weighted by Gasteiger charge is -2.29. The van der Waals surface area contributed by atoms with Gasteiger partial charge in [0.1, 0.15) is 0 Å². The zero-order valence-corrected chi connectivity index (χ0v) is 7.57. The summed E-state index contributed by atoms with van der Waals surface area (Å²) in [6.07, 6.45) is 0.521. The summed E-state index contributed by atoms with van der Waals surface area (Å²) in [5, 5.41) is 0. The molecule has 14 heavy (non-hydrogen) atoms. The van der Waals surface area contributed by atoms with Gasteiger partial charge < -0.3 is 9.64 Å². The summed E-state index contributed by atoms with van der Waals surface area (Å²) < 4.78 is 17.9. The topological polar surface area (TPSA) is 29.5 Å². The van der Waals surface area contributed by atoms with Crippen molar-refractivity contribution in [2.45, 2.75) is 6.42 Å². The summed E-state index contributed by atoms with van der Waals surface area (Å²) >= 11 is 0. The van der Waals surface area contributed by atoms with E-state index in [4.69, 9.17) is 4.74 Å². The van der Waals surface area contributed by atoms with E-state index in [2.05, 4.69) is 0 Å². The van der Waals surface area contributed by atoms with Crippen LogP contribution in [0.4, 0.5) is 9.18 Å². The van der Waals surface area contributed by atoms with Crippen LogP contribution in [-0.2, 0) is 0 Å². The number of amides is 1. The normalized spacial score (nSPS) is 14.8. The quantitative estimate of drug-likeness (QED) is 0.686. The van der Waals surface area contributed by atoms with Crippen molar-refractivity contribution < 1.29 is 13.9 Å². The van der Waals surface area contributed by atoms with Crippen LogP contribution >= 0.6 is 0 Å². The molecule has 1 aromatic rings. The molecular weight excluding hydrogens is 185 g/mol. The Hall–Kier alpha value is -1.58. The summed E-state index contributed by atoms with van der Waals surface area (Å²) in [7, 11) is 0. The molecule has 1 heterocycles. The third-order valence-corrected chi connectivity index (χ3v) is 2.15. The van der Waals surface area contributed by atoms with Crippen LogP contribution in [0.1, 0.15) is 6.42 Å². The van der Waals surface area contributed by atoms with Crippen LogP contribution in [0.3, 0.4) is 0 Å². The number of hydrogen-bond acceptors (Lipinski definition) is 2. The summed E-state index contributed by atoms with van der Waals surface area (Å²) in [6, 6.07) is 5.88. The van der Waals surface area contributed by atoms with E-state index in [0.29, 0.717) is 13.1 Å². The molecule has 0 aliphatic carbocycles. The molecule has 0 atom stereocenters. The van der Waals surface area contributed by atoms with Crippen molar-refractivity contribution in [2.75, 3.05) is 13.1 Å². The molecule has 3 nitrogen and oxygen atoms in total.